The van der Waals surface area contributed by atoms with E-state index in [0.717, 1.165) is 44.8 Å². The molecule has 0 saturated heterocycles. The summed E-state index contributed by atoms with van der Waals surface area (Å²) in [4.78, 5) is 14.5. The van der Waals surface area contributed by atoms with Crippen molar-refractivity contribution in [1.29, 1.82) is 5.26 Å². The maximum absolute atomic E-state index is 9.37. The van der Waals surface area contributed by atoms with Crippen molar-refractivity contribution in [2.45, 2.75) is 0 Å². The van der Waals surface area contributed by atoms with Crippen LogP contribution in [0.5, 0.6) is 0 Å². The van der Waals surface area contributed by atoms with Gasteiger partial charge in [0.1, 0.15) is 0 Å². The van der Waals surface area contributed by atoms with Crippen LogP contribution in [0, 0.1) is 11.3 Å². The summed E-state index contributed by atoms with van der Waals surface area (Å²) in [5.41, 5.74) is 9.50. The van der Waals surface area contributed by atoms with Gasteiger partial charge in [0, 0.05) is 34.6 Å². The van der Waals surface area contributed by atoms with E-state index in [1.165, 1.54) is 37.9 Å². The molecule has 9 rings (SSSR count). The van der Waals surface area contributed by atoms with Gasteiger partial charge in [-0.1, -0.05) is 109 Å². The van der Waals surface area contributed by atoms with E-state index < -0.39 is 0 Å². The highest BCUT2D eigenvalue weighted by atomic mass is 14.9. The van der Waals surface area contributed by atoms with Gasteiger partial charge in [0.25, 0.3) is 0 Å². The van der Waals surface area contributed by atoms with Gasteiger partial charge in [-0.25, -0.2) is 9.97 Å². The molecule has 2 aromatic heterocycles. The van der Waals surface area contributed by atoms with Gasteiger partial charge in [0.05, 0.1) is 23.0 Å². The lowest BCUT2D eigenvalue weighted by Gasteiger charge is -2.15. The molecule has 4 nitrogen and oxygen atoms in total. The monoisotopic (exact) mass is 610 g/mol. The lowest BCUT2D eigenvalue weighted by Crippen LogP contribution is -1.97. The Bertz CT molecular complexity index is 2640. The minimum absolute atomic E-state index is 0.597. The molecule has 0 spiro atoms. The van der Waals surface area contributed by atoms with Gasteiger partial charge in [-0.05, 0) is 85.4 Å². The van der Waals surface area contributed by atoms with Gasteiger partial charge < -0.3 is 0 Å². The predicted octanol–water partition coefficient (Wildman–Crippen LogP) is 11.0. The van der Waals surface area contributed by atoms with E-state index in [2.05, 4.69) is 114 Å². The summed E-state index contributed by atoms with van der Waals surface area (Å²) in [6.45, 7) is 0. The molecule has 0 atom stereocenters. The van der Waals surface area contributed by atoms with Gasteiger partial charge in [0.15, 0.2) is 5.82 Å². The van der Waals surface area contributed by atoms with Crippen LogP contribution in [0.1, 0.15) is 5.56 Å². The molecular formula is C44H26N4. The molecule has 0 aliphatic heterocycles. The van der Waals surface area contributed by atoms with Crippen molar-refractivity contribution in [2.24, 2.45) is 0 Å². The number of rotatable bonds is 5. The molecule has 0 saturated carbocycles. The Morgan fingerprint density at radius 2 is 1.12 bits per heavy atom. The van der Waals surface area contributed by atoms with Crippen LogP contribution in [-0.4, -0.2) is 15.0 Å². The SMILES string of the molecule is N#Cc1ccc(-c2nc(-c3ccc(-c4ccc5ccc6cccc7ccc4c5c67)cc3)cc(-c3ccccc3-c3cccnc3)n2)cc1. The Morgan fingerprint density at radius 3 is 1.88 bits per heavy atom. The lowest BCUT2D eigenvalue weighted by atomic mass is 9.89. The zero-order valence-corrected chi connectivity index (χ0v) is 25.8. The second-order valence-electron chi connectivity index (χ2n) is 12.0. The summed E-state index contributed by atoms with van der Waals surface area (Å²) in [5, 5.41) is 17.0. The number of benzene rings is 7. The van der Waals surface area contributed by atoms with Crippen LogP contribution in [0.2, 0.25) is 0 Å². The second-order valence-corrected chi connectivity index (χ2v) is 12.0. The Morgan fingerprint density at radius 1 is 0.458 bits per heavy atom. The summed E-state index contributed by atoms with van der Waals surface area (Å²) < 4.78 is 0. The Hall–Kier alpha value is -6.70. The first-order chi connectivity index (χ1) is 23.7. The van der Waals surface area contributed by atoms with Gasteiger partial charge in [-0.2, -0.15) is 5.26 Å². The van der Waals surface area contributed by atoms with E-state index in [4.69, 9.17) is 9.97 Å². The Balaban J connectivity index is 1.18. The zero-order chi connectivity index (χ0) is 32.0. The average Bonchev–Trinajstić information content (AvgIpc) is 3.17. The molecule has 0 aliphatic carbocycles. The molecule has 0 radical (unpaired) electrons. The van der Waals surface area contributed by atoms with Crippen LogP contribution in [0.15, 0.2) is 158 Å². The van der Waals surface area contributed by atoms with Crippen molar-refractivity contribution in [2.75, 3.05) is 0 Å². The molecule has 0 bridgehead atoms. The quantitative estimate of drug-likeness (QED) is 0.182. The summed E-state index contributed by atoms with van der Waals surface area (Å²) in [6.07, 6.45) is 3.66. The van der Waals surface area contributed by atoms with Crippen LogP contribution in [0.4, 0.5) is 0 Å². The molecule has 4 heteroatoms. The topological polar surface area (TPSA) is 62.5 Å². The first-order valence-corrected chi connectivity index (χ1v) is 15.9. The van der Waals surface area contributed by atoms with Crippen molar-refractivity contribution < 1.29 is 0 Å². The van der Waals surface area contributed by atoms with Crippen molar-refractivity contribution in [3.8, 4) is 62.2 Å². The van der Waals surface area contributed by atoms with Crippen molar-refractivity contribution >= 4 is 32.3 Å². The fourth-order valence-electron chi connectivity index (χ4n) is 6.84. The van der Waals surface area contributed by atoms with Crippen LogP contribution >= 0.6 is 0 Å². The number of hydrogen-bond acceptors (Lipinski definition) is 4. The number of nitriles is 1. The van der Waals surface area contributed by atoms with Crippen LogP contribution < -0.4 is 0 Å². The third-order valence-electron chi connectivity index (χ3n) is 9.19. The summed E-state index contributed by atoms with van der Waals surface area (Å²) in [5.74, 6) is 0.601. The normalized spacial score (nSPS) is 11.3. The van der Waals surface area contributed by atoms with Crippen LogP contribution in [0.25, 0.3) is 88.5 Å². The first kappa shape index (κ1) is 27.6. The van der Waals surface area contributed by atoms with Gasteiger partial charge in [0.2, 0.25) is 0 Å². The summed E-state index contributed by atoms with van der Waals surface area (Å²) in [7, 11) is 0. The van der Waals surface area contributed by atoms with Crippen molar-refractivity contribution in [3.05, 3.63) is 164 Å². The molecule has 0 unspecified atom stereocenters. The van der Waals surface area contributed by atoms with Gasteiger partial charge >= 0.3 is 0 Å². The first-order valence-electron chi connectivity index (χ1n) is 15.9. The minimum atomic E-state index is 0.597. The highest BCUT2D eigenvalue weighted by Gasteiger charge is 2.16. The highest BCUT2D eigenvalue weighted by molar-refractivity contribution is 6.25. The third kappa shape index (κ3) is 4.65. The standard InChI is InChI=1S/C44H26N4/c45-26-28-10-12-34(13-11-28)44-47-40(25-41(48-44)38-9-2-1-8-36(38)35-7-4-24-46-27-35)30-16-14-29(15-17-30)37-22-20-33-19-18-31-5-3-6-32-21-23-39(37)43(33)42(31)32/h1-25,27H. The molecule has 222 valence electrons. The van der Waals surface area contributed by atoms with Crippen molar-refractivity contribution in [1.82, 2.24) is 15.0 Å². The molecule has 0 N–H and O–H groups in total. The van der Waals surface area contributed by atoms with Gasteiger partial charge in [-0.15, -0.1) is 0 Å². The van der Waals surface area contributed by atoms with E-state index in [1.54, 1.807) is 18.3 Å². The highest BCUT2D eigenvalue weighted by Crippen LogP contribution is 2.40. The van der Waals surface area contributed by atoms with Gasteiger partial charge in [-0.3, -0.25) is 4.98 Å². The van der Waals surface area contributed by atoms with E-state index in [-0.39, 0.29) is 0 Å². The third-order valence-corrected chi connectivity index (χ3v) is 9.19. The maximum Gasteiger partial charge on any atom is 0.160 e. The predicted molar refractivity (Wildman–Crippen MR) is 195 cm³/mol. The molecule has 7 aromatic carbocycles. The minimum Gasteiger partial charge on any atom is -0.264 e. The molecule has 2 heterocycles. The van der Waals surface area contributed by atoms with E-state index in [9.17, 15) is 5.26 Å². The van der Waals surface area contributed by atoms with E-state index in [0.29, 0.717) is 11.4 Å². The molecular weight excluding hydrogens is 585 g/mol. The second kappa shape index (κ2) is 11.3. The van der Waals surface area contributed by atoms with Crippen LogP contribution in [-0.2, 0) is 0 Å². The van der Waals surface area contributed by atoms with E-state index >= 15 is 0 Å². The summed E-state index contributed by atoms with van der Waals surface area (Å²) >= 11 is 0. The Labute approximate surface area is 277 Å². The number of nitrogens with zero attached hydrogens (tertiary/aromatic N) is 4. The number of aromatic nitrogens is 3. The molecule has 9 aromatic rings. The van der Waals surface area contributed by atoms with Crippen LogP contribution in [0.3, 0.4) is 0 Å². The summed E-state index contributed by atoms with van der Waals surface area (Å²) in [6, 6.07) is 52.6. The largest absolute Gasteiger partial charge is 0.264 e. The maximum atomic E-state index is 9.37. The molecule has 0 amide bonds. The fourth-order valence-corrected chi connectivity index (χ4v) is 6.84. The smallest absolute Gasteiger partial charge is 0.160 e. The van der Waals surface area contributed by atoms with E-state index in [1.807, 2.05) is 36.5 Å². The molecule has 0 fully saturated rings. The molecule has 0 aliphatic rings. The average molecular weight is 611 g/mol. The fraction of sp³-hybridized carbons (Fsp3) is 0. The Kier molecular flexibility index (Phi) is 6.48. The zero-order valence-electron chi connectivity index (χ0n) is 25.8. The van der Waals surface area contributed by atoms with Crippen molar-refractivity contribution in [3.63, 3.8) is 0 Å². The number of hydrogen-bond donors (Lipinski definition) is 0. The number of pyridine rings is 1. The molecule has 48 heavy (non-hydrogen) atoms. The lowest BCUT2D eigenvalue weighted by molar-refractivity contribution is 1.18.